The van der Waals surface area contributed by atoms with Gasteiger partial charge in [0.05, 0.1) is 18.5 Å². The van der Waals surface area contributed by atoms with E-state index in [0.29, 0.717) is 34.0 Å². The predicted molar refractivity (Wildman–Crippen MR) is 144 cm³/mol. The average Bonchev–Trinajstić information content (AvgIpc) is 2.89. The summed E-state index contributed by atoms with van der Waals surface area (Å²) in [7, 11) is -1.58. The second kappa shape index (κ2) is 11.5. The second-order valence-corrected chi connectivity index (χ2v) is 12.0. The fourth-order valence-electron chi connectivity index (χ4n) is 3.71. The van der Waals surface area contributed by atoms with E-state index in [-0.39, 0.29) is 11.6 Å². The molecule has 0 aliphatic carbocycles. The number of hydrogen-bond donors (Lipinski definition) is 4. The molecular formula is C26H26F3N6O3P. The van der Waals surface area contributed by atoms with E-state index in [2.05, 4.69) is 35.9 Å². The molecule has 1 unspecified atom stereocenters. The molecule has 0 saturated carbocycles. The van der Waals surface area contributed by atoms with Gasteiger partial charge in [0.25, 0.3) is 0 Å². The van der Waals surface area contributed by atoms with Crippen molar-refractivity contribution in [3.8, 4) is 11.3 Å². The lowest BCUT2D eigenvalue weighted by Crippen LogP contribution is -2.19. The first-order chi connectivity index (χ1) is 18.5. The molecule has 2 aromatic heterocycles. The molecule has 0 aliphatic rings. The molecule has 0 radical (unpaired) electrons. The largest absolute Gasteiger partial charge is 0.421 e. The average molecular weight is 559 g/mol. The Morgan fingerprint density at radius 3 is 2.36 bits per heavy atom. The number of aliphatic hydroxyl groups excluding tert-OH is 1. The molecule has 0 amide bonds. The van der Waals surface area contributed by atoms with Gasteiger partial charge < -0.3 is 25.1 Å². The summed E-state index contributed by atoms with van der Waals surface area (Å²) in [6, 6.07) is 16.7. The van der Waals surface area contributed by atoms with Gasteiger partial charge in [-0.05, 0) is 55.3 Å². The van der Waals surface area contributed by atoms with E-state index >= 15 is 0 Å². The minimum Gasteiger partial charge on any atom is -0.372 e. The van der Waals surface area contributed by atoms with Crippen LogP contribution in [0.3, 0.4) is 0 Å². The zero-order valence-electron chi connectivity index (χ0n) is 21.2. The van der Waals surface area contributed by atoms with Crippen LogP contribution in [-0.2, 0) is 15.6 Å². The van der Waals surface area contributed by atoms with E-state index in [4.69, 9.17) is 0 Å². The van der Waals surface area contributed by atoms with Crippen LogP contribution in [0.4, 0.5) is 36.3 Å². The number of benzene rings is 2. The monoisotopic (exact) mass is 558 g/mol. The van der Waals surface area contributed by atoms with Crippen LogP contribution >= 0.6 is 7.14 Å². The minimum atomic E-state index is -4.75. The molecule has 0 saturated heterocycles. The van der Waals surface area contributed by atoms with Crippen molar-refractivity contribution in [3.05, 3.63) is 84.2 Å². The number of nitrogens with one attached hydrogen (secondary N) is 3. The van der Waals surface area contributed by atoms with Gasteiger partial charge in [-0.1, -0.05) is 24.3 Å². The van der Waals surface area contributed by atoms with Gasteiger partial charge in [0, 0.05) is 28.9 Å². The molecule has 2 heterocycles. The lowest BCUT2D eigenvalue weighted by molar-refractivity contribution is -0.137. The van der Waals surface area contributed by atoms with Crippen LogP contribution in [0.5, 0.6) is 0 Å². The quantitative estimate of drug-likeness (QED) is 0.121. The normalized spacial score (nSPS) is 12.7. The summed E-state index contributed by atoms with van der Waals surface area (Å²) in [5, 5.41) is 15.9. The summed E-state index contributed by atoms with van der Waals surface area (Å²) in [5.41, 5.74) is 3.81. The summed E-state index contributed by atoms with van der Waals surface area (Å²) in [4.78, 5) is 16.9. The SMILES string of the molecule is CONC(O)c1ccc(Nc2ncc(C(F)(F)F)c(Nc3ccc(-c4ccccn4)cc3P(C)(C)=O)n2)cc1. The molecular weight excluding hydrogens is 532 g/mol. The maximum Gasteiger partial charge on any atom is 0.421 e. The fraction of sp³-hybridized carbons (Fsp3) is 0.192. The first kappa shape index (κ1) is 28.2. The molecule has 0 aliphatic heterocycles. The molecule has 39 heavy (non-hydrogen) atoms. The maximum atomic E-state index is 13.9. The van der Waals surface area contributed by atoms with E-state index in [1.54, 1.807) is 60.8 Å². The number of hydrogen-bond acceptors (Lipinski definition) is 9. The molecule has 1 atom stereocenters. The zero-order chi connectivity index (χ0) is 28.2. The molecule has 0 bridgehead atoms. The molecule has 9 nitrogen and oxygen atoms in total. The van der Waals surface area contributed by atoms with Crippen LogP contribution in [0.1, 0.15) is 17.4 Å². The molecule has 0 fully saturated rings. The number of hydroxylamine groups is 1. The van der Waals surface area contributed by atoms with Gasteiger partial charge >= 0.3 is 6.18 Å². The Bertz CT molecular complexity index is 1480. The van der Waals surface area contributed by atoms with Gasteiger partial charge in [0.1, 0.15) is 18.5 Å². The van der Waals surface area contributed by atoms with Crippen molar-refractivity contribution >= 4 is 35.6 Å². The minimum absolute atomic E-state index is 0.100. The van der Waals surface area contributed by atoms with Gasteiger partial charge in [-0.25, -0.2) is 4.98 Å². The van der Waals surface area contributed by atoms with E-state index in [1.165, 1.54) is 20.4 Å². The number of alkyl halides is 3. The van der Waals surface area contributed by atoms with Crippen molar-refractivity contribution in [2.75, 3.05) is 31.1 Å². The highest BCUT2D eigenvalue weighted by Crippen LogP contribution is 2.41. The summed E-state index contributed by atoms with van der Waals surface area (Å²) >= 11 is 0. The summed E-state index contributed by atoms with van der Waals surface area (Å²) in [6.07, 6.45) is -3.51. The highest BCUT2D eigenvalue weighted by atomic mass is 31.2. The third-order valence-corrected chi connectivity index (χ3v) is 7.13. The number of halogens is 3. The first-order valence-corrected chi connectivity index (χ1v) is 14.2. The van der Waals surface area contributed by atoms with E-state index < -0.39 is 30.9 Å². The first-order valence-electron chi connectivity index (χ1n) is 11.6. The molecule has 2 aromatic carbocycles. The van der Waals surface area contributed by atoms with Crippen LogP contribution in [0.25, 0.3) is 11.3 Å². The third-order valence-electron chi connectivity index (χ3n) is 5.60. The van der Waals surface area contributed by atoms with Crippen LogP contribution in [0, 0.1) is 0 Å². The lowest BCUT2D eigenvalue weighted by atomic mass is 10.1. The van der Waals surface area contributed by atoms with Gasteiger partial charge in [0.15, 0.2) is 6.23 Å². The van der Waals surface area contributed by atoms with Crippen molar-refractivity contribution in [1.82, 2.24) is 20.4 Å². The Morgan fingerprint density at radius 2 is 1.74 bits per heavy atom. The van der Waals surface area contributed by atoms with Crippen molar-refractivity contribution in [1.29, 1.82) is 0 Å². The number of pyridine rings is 1. The Balaban J connectivity index is 1.69. The molecule has 204 valence electrons. The molecule has 0 spiro atoms. The van der Waals surface area contributed by atoms with Crippen LogP contribution in [0.2, 0.25) is 0 Å². The van der Waals surface area contributed by atoms with Crippen molar-refractivity contribution in [3.63, 3.8) is 0 Å². The van der Waals surface area contributed by atoms with Gasteiger partial charge in [-0.3, -0.25) is 4.98 Å². The predicted octanol–water partition coefficient (Wildman–Crippen LogP) is 5.43. The number of anilines is 4. The van der Waals surface area contributed by atoms with Crippen LogP contribution in [-0.4, -0.2) is 40.5 Å². The summed E-state index contributed by atoms with van der Waals surface area (Å²) < 4.78 is 54.8. The van der Waals surface area contributed by atoms with Gasteiger partial charge in [-0.2, -0.15) is 23.6 Å². The maximum absolute atomic E-state index is 13.9. The number of aromatic nitrogens is 3. The van der Waals surface area contributed by atoms with E-state index in [1.807, 2.05) is 6.07 Å². The van der Waals surface area contributed by atoms with Gasteiger partial charge in [-0.15, -0.1) is 0 Å². The van der Waals surface area contributed by atoms with Crippen LogP contribution in [0.15, 0.2) is 73.1 Å². The summed E-state index contributed by atoms with van der Waals surface area (Å²) in [5.74, 6) is -0.603. The Hall–Kier alpha value is -3.83. The topological polar surface area (TPSA) is 121 Å². The van der Waals surface area contributed by atoms with E-state index in [9.17, 15) is 22.8 Å². The number of rotatable bonds is 9. The van der Waals surface area contributed by atoms with Crippen molar-refractivity contribution < 1.29 is 27.7 Å². The van der Waals surface area contributed by atoms with Gasteiger partial charge in [0.2, 0.25) is 5.95 Å². The highest BCUT2D eigenvalue weighted by Gasteiger charge is 2.36. The highest BCUT2D eigenvalue weighted by molar-refractivity contribution is 7.70. The second-order valence-electron chi connectivity index (χ2n) is 8.85. The van der Waals surface area contributed by atoms with E-state index in [0.717, 1.165) is 0 Å². The standard InChI is InChI=1S/C26H26F3N6O3P/c1-38-35-24(36)16-7-10-18(11-8-16)32-25-31-15-19(26(27,28)29)23(34-25)33-21-12-9-17(14-22(21)39(2,3)37)20-6-4-5-13-30-20/h4-15,24,35-36H,1-3H3,(H2,31,32,33,34). The lowest BCUT2D eigenvalue weighted by Gasteiger charge is -2.19. The molecule has 13 heteroatoms. The molecule has 4 aromatic rings. The number of aliphatic hydroxyl groups is 1. The zero-order valence-corrected chi connectivity index (χ0v) is 22.1. The third kappa shape index (κ3) is 6.98. The smallest absolute Gasteiger partial charge is 0.372 e. The molecule has 4 N–H and O–H groups in total. The fourth-order valence-corrected chi connectivity index (χ4v) is 4.87. The van der Waals surface area contributed by atoms with Crippen molar-refractivity contribution in [2.45, 2.75) is 12.4 Å². The number of nitrogens with zero attached hydrogens (tertiary/aromatic N) is 3. The molecule has 4 rings (SSSR count). The van der Waals surface area contributed by atoms with Crippen molar-refractivity contribution in [2.24, 2.45) is 0 Å². The summed E-state index contributed by atoms with van der Waals surface area (Å²) in [6.45, 7) is 3.08. The Morgan fingerprint density at radius 1 is 1.00 bits per heavy atom. The Labute approximate surface area is 222 Å². The Kier molecular flexibility index (Phi) is 8.31. The van der Waals surface area contributed by atoms with Crippen LogP contribution < -0.4 is 21.4 Å².